The van der Waals surface area contributed by atoms with Crippen LogP contribution in [0, 0.1) is 6.92 Å². The van der Waals surface area contributed by atoms with Crippen LogP contribution in [0.3, 0.4) is 0 Å². The normalized spacial score (nSPS) is 10.1. The highest BCUT2D eigenvalue weighted by atomic mass is 79.9. The second kappa shape index (κ2) is 4.58. The van der Waals surface area contributed by atoms with E-state index in [1.165, 1.54) is 0 Å². The molecule has 2 nitrogen and oxygen atoms in total. The Labute approximate surface area is 104 Å². The molecule has 0 aliphatic heterocycles. The minimum absolute atomic E-state index is 0.817. The summed E-state index contributed by atoms with van der Waals surface area (Å²) in [5, 5.41) is 3.34. The van der Waals surface area contributed by atoms with Crippen LogP contribution in [-0.4, -0.2) is 0 Å². The Hall–Kier alpha value is -1.48. The zero-order valence-electron chi connectivity index (χ0n) is 9.00. The number of aryl methyl sites for hydroxylation is 1. The standard InChI is InChI=1S/C13H13BrN2/c1-9-8-10(6-7-12(9)15)16-13-5-3-2-4-11(13)14/h2-8,16H,15H2,1H3. The molecule has 0 saturated carbocycles. The molecule has 16 heavy (non-hydrogen) atoms. The number of benzene rings is 2. The Morgan fingerprint density at radius 2 is 1.88 bits per heavy atom. The van der Waals surface area contributed by atoms with Gasteiger partial charge in [0.2, 0.25) is 0 Å². The maximum Gasteiger partial charge on any atom is 0.0528 e. The summed E-state index contributed by atoms with van der Waals surface area (Å²) in [6, 6.07) is 13.9. The summed E-state index contributed by atoms with van der Waals surface area (Å²) in [6.45, 7) is 2.00. The highest BCUT2D eigenvalue weighted by Gasteiger charge is 2.00. The monoisotopic (exact) mass is 276 g/mol. The molecule has 0 fully saturated rings. The lowest BCUT2D eigenvalue weighted by atomic mass is 10.2. The molecule has 0 amide bonds. The molecule has 0 aliphatic rings. The molecular formula is C13H13BrN2. The van der Waals surface area contributed by atoms with Gasteiger partial charge >= 0.3 is 0 Å². The van der Waals surface area contributed by atoms with Crippen molar-refractivity contribution >= 4 is 33.0 Å². The molecule has 0 saturated heterocycles. The Kier molecular flexibility index (Phi) is 3.15. The van der Waals surface area contributed by atoms with Crippen molar-refractivity contribution in [3.05, 3.63) is 52.5 Å². The van der Waals surface area contributed by atoms with Gasteiger partial charge in [0.25, 0.3) is 0 Å². The molecule has 3 heteroatoms. The fraction of sp³-hybridized carbons (Fsp3) is 0.0769. The highest BCUT2D eigenvalue weighted by molar-refractivity contribution is 9.10. The number of nitrogens with one attached hydrogen (secondary N) is 1. The van der Waals surface area contributed by atoms with Crippen LogP contribution in [0.2, 0.25) is 0 Å². The van der Waals surface area contributed by atoms with Gasteiger partial charge in [-0.2, -0.15) is 0 Å². The first-order chi connectivity index (χ1) is 7.66. The fourth-order valence-electron chi connectivity index (χ4n) is 1.47. The molecule has 0 aliphatic carbocycles. The van der Waals surface area contributed by atoms with Gasteiger partial charge in [-0.1, -0.05) is 12.1 Å². The van der Waals surface area contributed by atoms with E-state index in [-0.39, 0.29) is 0 Å². The Morgan fingerprint density at radius 1 is 1.12 bits per heavy atom. The Balaban J connectivity index is 2.28. The molecule has 82 valence electrons. The Bertz CT molecular complexity index is 509. The van der Waals surface area contributed by atoms with Crippen LogP contribution >= 0.6 is 15.9 Å². The van der Waals surface area contributed by atoms with Gasteiger partial charge in [-0.25, -0.2) is 0 Å². The lowest BCUT2D eigenvalue weighted by molar-refractivity contribution is 1.44. The van der Waals surface area contributed by atoms with E-state index in [2.05, 4.69) is 21.2 Å². The van der Waals surface area contributed by atoms with Gasteiger partial charge in [-0.3, -0.25) is 0 Å². The van der Waals surface area contributed by atoms with Gasteiger partial charge in [0.1, 0.15) is 0 Å². The maximum absolute atomic E-state index is 5.77. The van der Waals surface area contributed by atoms with Crippen LogP contribution in [0.4, 0.5) is 17.1 Å². The van der Waals surface area contributed by atoms with Crippen molar-refractivity contribution in [2.24, 2.45) is 0 Å². The van der Waals surface area contributed by atoms with Crippen molar-refractivity contribution in [3.8, 4) is 0 Å². The van der Waals surface area contributed by atoms with Gasteiger partial charge in [0.05, 0.1) is 5.69 Å². The number of nitrogens with two attached hydrogens (primary N) is 1. The minimum atomic E-state index is 0.817. The third kappa shape index (κ3) is 2.36. The van der Waals surface area contributed by atoms with E-state index in [9.17, 15) is 0 Å². The lowest BCUT2D eigenvalue weighted by Crippen LogP contribution is -1.94. The molecule has 3 N–H and O–H groups in total. The van der Waals surface area contributed by atoms with Crippen LogP contribution in [0.1, 0.15) is 5.56 Å². The lowest BCUT2D eigenvalue weighted by Gasteiger charge is -2.10. The Morgan fingerprint density at radius 3 is 2.56 bits per heavy atom. The zero-order valence-corrected chi connectivity index (χ0v) is 10.6. The maximum atomic E-state index is 5.77. The molecule has 2 rings (SSSR count). The molecular weight excluding hydrogens is 264 g/mol. The summed E-state index contributed by atoms with van der Waals surface area (Å²) in [4.78, 5) is 0. The molecule has 0 atom stereocenters. The van der Waals surface area contributed by atoms with E-state index in [4.69, 9.17) is 5.73 Å². The van der Waals surface area contributed by atoms with Crippen molar-refractivity contribution in [1.82, 2.24) is 0 Å². The van der Waals surface area contributed by atoms with Gasteiger partial charge < -0.3 is 11.1 Å². The first-order valence-corrected chi connectivity index (χ1v) is 5.84. The SMILES string of the molecule is Cc1cc(Nc2ccccc2Br)ccc1N. The minimum Gasteiger partial charge on any atom is -0.399 e. The molecule has 2 aromatic carbocycles. The van der Waals surface area contributed by atoms with E-state index < -0.39 is 0 Å². The van der Waals surface area contributed by atoms with Crippen LogP contribution in [0.5, 0.6) is 0 Å². The summed E-state index contributed by atoms with van der Waals surface area (Å²) >= 11 is 3.50. The van der Waals surface area contributed by atoms with Crippen molar-refractivity contribution in [3.63, 3.8) is 0 Å². The number of anilines is 3. The van der Waals surface area contributed by atoms with Crippen molar-refractivity contribution in [2.75, 3.05) is 11.1 Å². The van der Waals surface area contributed by atoms with E-state index in [0.29, 0.717) is 0 Å². The third-order valence-electron chi connectivity index (χ3n) is 2.42. The topological polar surface area (TPSA) is 38.0 Å². The van der Waals surface area contributed by atoms with Crippen LogP contribution in [-0.2, 0) is 0 Å². The van der Waals surface area contributed by atoms with Crippen molar-refractivity contribution < 1.29 is 0 Å². The van der Waals surface area contributed by atoms with Crippen LogP contribution < -0.4 is 11.1 Å². The van der Waals surface area contributed by atoms with Crippen LogP contribution in [0.15, 0.2) is 46.9 Å². The van der Waals surface area contributed by atoms with Crippen molar-refractivity contribution in [2.45, 2.75) is 6.92 Å². The van der Waals surface area contributed by atoms with Gasteiger partial charge in [-0.05, 0) is 58.7 Å². The quantitative estimate of drug-likeness (QED) is 0.811. The number of rotatable bonds is 2. The number of hydrogen-bond donors (Lipinski definition) is 2. The molecule has 0 radical (unpaired) electrons. The average molecular weight is 277 g/mol. The van der Waals surface area contributed by atoms with Gasteiger partial charge in [-0.15, -0.1) is 0 Å². The molecule has 0 heterocycles. The smallest absolute Gasteiger partial charge is 0.0528 e. The molecule has 0 bridgehead atoms. The first-order valence-electron chi connectivity index (χ1n) is 5.04. The summed E-state index contributed by atoms with van der Waals surface area (Å²) in [6.07, 6.45) is 0. The average Bonchev–Trinajstić information content (AvgIpc) is 2.27. The molecule has 2 aromatic rings. The summed E-state index contributed by atoms with van der Waals surface area (Å²) in [5.74, 6) is 0. The molecule has 0 aromatic heterocycles. The molecule has 0 unspecified atom stereocenters. The van der Waals surface area contributed by atoms with E-state index >= 15 is 0 Å². The highest BCUT2D eigenvalue weighted by Crippen LogP contribution is 2.26. The predicted octanol–water partition coefficient (Wildman–Crippen LogP) is 4.08. The summed E-state index contributed by atoms with van der Waals surface area (Å²) in [7, 11) is 0. The predicted molar refractivity (Wildman–Crippen MR) is 73.0 cm³/mol. The second-order valence-electron chi connectivity index (χ2n) is 3.68. The number of halogens is 1. The molecule has 0 spiro atoms. The first kappa shape index (κ1) is 11.0. The van der Waals surface area contributed by atoms with Crippen LogP contribution in [0.25, 0.3) is 0 Å². The van der Waals surface area contributed by atoms with Gasteiger partial charge in [0, 0.05) is 15.8 Å². The largest absolute Gasteiger partial charge is 0.399 e. The van der Waals surface area contributed by atoms with E-state index in [1.54, 1.807) is 0 Å². The number of hydrogen-bond acceptors (Lipinski definition) is 2. The van der Waals surface area contributed by atoms with E-state index in [1.807, 2.05) is 49.4 Å². The van der Waals surface area contributed by atoms with Crippen molar-refractivity contribution in [1.29, 1.82) is 0 Å². The van der Waals surface area contributed by atoms with E-state index in [0.717, 1.165) is 27.1 Å². The third-order valence-corrected chi connectivity index (χ3v) is 3.11. The fourth-order valence-corrected chi connectivity index (χ4v) is 1.86. The summed E-state index contributed by atoms with van der Waals surface area (Å²) in [5.41, 5.74) is 9.76. The number of para-hydroxylation sites is 1. The van der Waals surface area contributed by atoms with Gasteiger partial charge in [0.15, 0.2) is 0 Å². The second-order valence-corrected chi connectivity index (χ2v) is 4.53. The zero-order chi connectivity index (χ0) is 11.5. The summed E-state index contributed by atoms with van der Waals surface area (Å²) < 4.78 is 1.05. The number of nitrogen functional groups attached to an aromatic ring is 1.